The van der Waals surface area contributed by atoms with Crippen LogP contribution in [0.4, 0.5) is 16.2 Å². The van der Waals surface area contributed by atoms with E-state index in [9.17, 15) is 14.4 Å². The molecular weight excluding hydrogens is 500 g/mol. The Morgan fingerprint density at radius 2 is 1.65 bits per heavy atom. The third-order valence-electron chi connectivity index (χ3n) is 6.48. The Balaban J connectivity index is 1.45. The predicted molar refractivity (Wildman–Crippen MR) is 134 cm³/mol. The molecule has 4 amide bonds. The van der Waals surface area contributed by atoms with Crippen LogP contribution in [0, 0.1) is 0 Å². The number of rotatable bonds is 4. The molecule has 2 N–H and O–H groups in total. The molecule has 8 nitrogen and oxygen atoms in total. The molecule has 9 heteroatoms. The van der Waals surface area contributed by atoms with Gasteiger partial charge in [0.05, 0.1) is 6.10 Å². The molecule has 0 aliphatic carbocycles. The minimum atomic E-state index is -0.646. The summed E-state index contributed by atoms with van der Waals surface area (Å²) in [6.07, 6.45) is 1.76. The van der Waals surface area contributed by atoms with Crippen LogP contribution in [0.2, 0.25) is 0 Å². The molecule has 0 unspecified atom stereocenters. The summed E-state index contributed by atoms with van der Waals surface area (Å²) in [5.41, 5.74) is 3.66. The second-order valence-electron chi connectivity index (χ2n) is 8.68. The predicted octanol–water partition coefficient (Wildman–Crippen LogP) is 3.66. The van der Waals surface area contributed by atoms with Gasteiger partial charge in [0, 0.05) is 55.9 Å². The van der Waals surface area contributed by atoms with Gasteiger partial charge in [-0.05, 0) is 60.4 Å². The van der Waals surface area contributed by atoms with E-state index in [1.807, 2.05) is 35.2 Å². The highest BCUT2D eigenvalue weighted by Crippen LogP contribution is 2.25. The van der Waals surface area contributed by atoms with Crippen LogP contribution in [0.15, 0.2) is 46.9 Å². The largest absolute Gasteiger partial charge is 0.380 e. The van der Waals surface area contributed by atoms with E-state index < -0.39 is 6.04 Å². The third kappa shape index (κ3) is 5.59. The van der Waals surface area contributed by atoms with Gasteiger partial charge in [0.1, 0.15) is 6.04 Å². The van der Waals surface area contributed by atoms with Crippen molar-refractivity contribution in [2.24, 2.45) is 0 Å². The second-order valence-corrected chi connectivity index (χ2v) is 9.59. The number of anilines is 2. The van der Waals surface area contributed by atoms with Gasteiger partial charge >= 0.3 is 6.03 Å². The van der Waals surface area contributed by atoms with Crippen molar-refractivity contribution in [3.05, 3.63) is 58.1 Å². The molecule has 0 radical (unpaired) electrons. The normalized spacial score (nSPS) is 19.9. The van der Waals surface area contributed by atoms with Crippen LogP contribution in [-0.4, -0.2) is 66.5 Å². The molecule has 1 fully saturated rings. The number of benzene rings is 2. The third-order valence-corrected chi connectivity index (χ3v) is 7.00. The molecule has 180 valence electrons. The molecule has 2 atom stereocenters. The minimum Gasteiger partial charge on any atom is -0.380 e. The number of nitrogens with zero attached hydrogens (tertiary/aromatic N) is 2. The molecule has 0 spiro atoms. The first-order chi connectivity index (χ1) is 16.3. The summed E-state index contributed by atoms with van der Waals surface area (Å²) in [6, 6.07) is 12.2. The maximum absolute atomic E-state index is 13.2. The van der Waals surface area contributed by atoms with E-state index in [0.29, 0.717) is 37.4 Å². The summed E-state index contributed by atoms with van der Waals surface area (Å²) >= 11 is 3.38. The number of likely N-dealkylation sites (tertiary alicyclic amines) is 1. The van der Waals surface area contributed by atoms with Gasteiger partial charge in [-0.3, -0.25) is 9.59 Å². The van der Waals surface area contributed by atoms with Gasteiger partial charge in [0.25, 0.3) is 0 Å². The fourth-order valence-electron chi connectivity index (χ4n) is 4.51. The topological polar surface area (TPSA) is 91.0 Å². The fourth-order valence-corrected chi connectivity index (χ4v) is 4.78. The summed E-state index contributed by atoms with van der Waals surface area (Å²) in [4.78, 5) is 41.3. The fraction of sp³-hybridized carbons (Fsp3) is 0.400. The second kappa shape index (κ2) is 10.6. The zero-order chi connectivity index (χ0) is 24.2. The number of carbonyl (C=O) groups is 3. The van der Waals surface area contributed by atoms with Crippen molar-refractivity contribution in [1.82, 2.24) is 9.80 Å². The molecule has 0 aromatic heterocycles. The highest BCUT2D eigenvalue weighted by atomic mass is 79.9. The van der Waals surface area contributed by atoms with Crippen LogP contribution in [0.3, 0.4) is 0 Å². The monoisotopic (exact) mass is 528 g/mol. The molecule has 0 bridgehead atoms. The van der Waals surface area contributed by atoms with Crippen LogP contribution >= 0.6 is 15.9 Å². The number of halogens is 1. The van der Waals surface area contributed by atoms with Crippen molar-refractivity contribution in [2.75, 3.05) is 37.4 Å². The summed E-state index contributed by atoms with van der Waals surface area (Å²) in [5, 5.41) is 5.85. The van der Waals surface area contributed by atoms with E-state index in [0.717, 1.165) is 22.9 Å². The van der Waals surface area contributed by atoms with Gasteiger partial charge in [-0.15, -0.1) is 0 Å². The molecule has 2 aliphatic heterocycles. The Labute approximate surface area is 207 Å². The number of carbonyl (C=O) groups excluding carboxylic acids is 3. The molecule has 4 rings (SSSR count). The standard InChI is InChI=1S/C25H29BrN4O4/c1-16(31)29-11-9-17-3-6-21(13-18(17)10-12-29)27-24(32)23-14-22(34-2)15-30(23)25(33)28-20-7-4-19(26)5-8-20/h3-8,13,22-23H,9-12,14-15H2,1-2H3,(H,27,32)(H,28,33)/t22-,23-/m1/s1. The Hall–Kier alpha value is -2.91. The zero-order valence-electron chi connectivity index (χ0n) is 19.3. The maximum atomic E-state index is 13.2. The van der Waals surface area contributed by atoms with E-state index >= 15 is 0 Å². The molecule has 34 heavy (non-hydrogen) atoms. The lowest BCUT2D eigenvalue weighted by molar-refractivity contribution is -0.128. The number of amides is 4. The Kier molecular flexibility index (Phi) is 7.53. The van der Waals surface area contributed by atoms with E-state index in [1.165, 1.54) is 10.5 Å². The molecule has 2 aromatic carbocycles. The Bertz CT molecular complexity index is 1080. The molecule has 2 heterocycles. The number of fused-ring (bicyclic) bond motifs is 1. The quantitative estimate of drug-likeness (QED) is 0.633. The van der Waals surface area contributed by atoms with Crippen molar-refractivity contribution in [2.45, 2.75) is 38.3 Å². The van der Waals surface area contributed by atoms with Crippen LogP contribution in [0.5, 0.6) is 0 Å². The number of urea groups is 1. The average molecular weight is 529 g/mol. The SMILES string of the molecule is CO[C@@H]1C[C@H](C(=O)Nc2ccc3c(c2)CCN(C(C)=O)CC3)N(C(=O)Nc2ccc(Br)cc2)C1. The van der Waals surface area contributed by atoms with E-state index in [2.05, 4.69) is 26.6 Å². The molecule has 0 saturated carbocycles. The first-order valence-electron chi connectivity index (χ1n) is 11.4. The minimum absolute atomic E-state index is 0.0803. The summed E-state index contributed by atoms with van der Waals surface area (Å²) in [7, 11) is 1.59. The van der Waals surface area contributed by atoms with E-state index in [-0.39, 0.29) is 23.9 Å². The van der Waals surface area contributed by atoms with Gasteiger partial charge in [0.2, 0.25) is 11.8 Å². The van der Waals surface area contributed by atoms with Crippen LogP contribution in [0.1, 0.15) is 24.5 Å². The van der Waals surface area contributed by atoms with Gasteiger partial charge < -0.3 is 25.2 Å². The Morgan fingerprint density at radius 1 is 0.971 bits per heavy atom. The highest BCUT2D eigenvalue weighted by molar-refractivity contribution is 9.10. The van der Waals surface area contributed by atoms with Crippen molar-refractivity contribution >= 4 is 45.2 Å². The van der Waals surface area contributed by atoms with Crippen molar-refractivity contribution in [3.63, 3.8) is 0 Å². The van der Waals surface area contributed by atoms with Crippen molar-refractivity contribution in [3.8, 4) is 0 Å². The first-order valence-corrected chi connectivity index (χ1v) is 12.2. The number of hydrogen-bond acceptors (Lipinski definition) is 4. The van der Waals surface area contributed by atoms with Crippen molar-refractivity contribution in [1.29, 1.82) is 0 Å². The number of ether oxygens (including phenoxy) is 1. The maximum Gasteiger partial charge on any atom is 0.322 e. The van der Waals surface area contributed by atoms with Crippen LogP contribution in [0.25, 0.3) is 0 Å². The average Bonchev–Trinajstić information content (AvgIpc) is 3.15. The molecular formula is C25H29BrN4O4. The zero-order valence-corrected chi connectivity index (χ0v) is 20.9. The van der Waals surface area contributed by atoms with Gasteiger partial charge in [-0.2, -0.15) is 0 Å². The molecule has 2 aliphatic rings. The van der Waals surface area contributed by atoms with Gasteiger partial charge in [-0.1, -0.05) is 22.0 Å². The number of hydrogen-bond donors (Lipinski definition) is 2. The smallest absolute Gasteiger partial charge is 0.322 e. The summed E-state index contributed by atoms with van der Waals surface area (Å²) in [5.74, 6) is -0.166. The Morgan fingerprint density at radius 3 is 2.32 bits per heavy atom. The molecule has 2 aromatic rings. The lowest BCUT2D eigenvalue weighted by Gasteiger charge is -2.24. The molecule has 1 saturated heterocycles. The lowest BCUT2D eigenvalue weighted by atomic mass is 10.0. The van der Waals surface area contributed by atoms with Crippen LogP contribution in [-0.2, 0) is 27.2 Å². The van der Waals surface area contributed by atoms with Gasteiger partial charge in [-0.25, -0.2) is 4.79 Å². The van der Waals surface area contributed by atoms with Gasteiger partial charge in [0.15, 0.2) is 0 Å². The summed E-state index contributed by atoms with van der Waals surface area (Å²) in [6.45, 7) is 3.30. The number of nitrogens with one attached hydrogen (secondary N) is 2. The highest BCUT2D eigenvalue weighted by Gasteiger charge is 2.40. The number of methoxy groups -OCH3 is 1. The van der Waals surface area contributed by atoms with E-state index in [1.54, 1.807) is 26.2 Å². The summed E-state index contributed by atoms with van der Waals surface area (Å²) < 4.78 is 6.38. The lowest BCUT2D eigenvalue weighted by Crippen LogP contribution is -2.45. The first kappa shape index (κ1) is 24.2. The van der Waals surface area contributed by atoms with E-state index in [4.69, 9.17) is 4.74 Å². The van der Waals surface area contributed by atoms with Crippen LogP contribution < -0.4 is 10.6 Å². The van der Waals surface area contributed by atoms with Crippen molar-refractivity contribution < 1.29 is 19.1 Å².